The van der Waals surface area contributed by atoms with E-state index in [1.165, 1.54) is 18.5 Å². The molecule has 1 aliphatic heterocycles. The van der Waals surface area contributed by atoms with Gasteiger partial charge in [-0.05, 0) is 42.7 Å². The third-order valence-electron chi connectivity index (χ3n) is 5.31. The molecule has 180 valence electrons. The third-order valence-corrected chi connectivity index (χ3v) is 6.76. The average Bonchev–Trinajstić information content (AvgIpc) is 3.40. The molecule has 0 fully saturated rings. The number of aromatic nitrogens is 3. The number of benzene rings is 2. The van der Waals surface area contributed by atoms with Crippen LogP contribution in [0.4, 0.5) is 0 Å². The van der Waals surface area contributed by atoms with Crippen molar-refractivity contribution in [1.82, 2.24) is 24.8 Å². The molecule has 0 aliphatic carbocycles. The van der Waals surface area contributed by atoms with Crippen molar-refractivity contribution in [2.24, 2.45) is 0 Å². The van der Waals surface area contributed by atoms with Crippen molar-refractivity contribution >= 4 is 15.9 Å². The van der Waals surface area contributed by atoms with Gasteiger partial charge in [-0.2, -0.15) is 5.10 Å². The summed E-state index contributed by atoms with van der Waals surface area (Å²) in [5, 5.41) is 6.99. The van der Waals surface area contributed by atoms with Gasteiger partial charge in [-0.15, -0.1) is 0 Å². The van der Waals surface area contributed by atoms with E-state index in [4.69, 9.17) is 9.47 Å². The van der Waals surface area contributed by atoms with Crippen molar-refractivity contribution in [1.29, 1.82) is 0 Å². The molecule has 0 saturated carbocycles. The molecule has 0 saturated heterocycles. The normalized spacial score (nSPS) is 12.9. The molecule has 3 aromatic rings. The summed E-state index contributed by atoms with van der Waals surface area (Å²) in [6.45, 7) is 1.60. The first-order valence-electron chi connectivity index (χ1n) is 11.1. The monoisotopic (exact) mass is 485 g/mol. The Bertz CT molecular complexity index is 1200. The molecule has 10 nitrogen and oxygen atoms in total. The summed E-state index contributed by atoms with van der Waals surface area (Å²) in [4.78, 5) is 16.2. The second-order valence-electron chi connectivity index (χ2n) is 7.80. The number of sulfonamides is 1. The Morgan fingerprint density at radius 3 is 2.56 bits per heavy atom. The maximum absolute atomic E-state index is 12.5. The Kier molecular flexibility index (Phi) is 7.76. The highest BCUT2D eigenvalue weighted by atomic mass is 32.2. The molecule has 34 heavy (non-hydrogen) atoms. The van der Waals surface area contributed by atoms with Gasteiger partial charge in [-0.1, -0.05) is 18.6 Å². The van der Waals surface area contributed by atoms with E-state index in [1.54, 1.807) is 17.1 Å². The van der Waals surface area contributed by atoms with Crippen molar-refractivity contribution < 1.29 is 22.7 Å². The number of nitrogens with zero attached hydrogens (tertiary/aromatic N) is 3. The maximum atomic E-state index is 12.5. The van der Waals surface area contributed by atoms with E-state index in [1.807, 2.05) is 24.3 Å². The van der Waals surface area contributed by atoms with Crippen molar-refractivity contribution in [3.63, 3.8) is 0 Å². The Hall–Kier alpha value is -3.44. The summed E-state index contributed by atoms with van der Waals surface area (Å²) >= 11 is 0. The topological polar surface area (TPSA) is 124 Å². The van der Waals surface area contributed by atoms with Crippen molar-refractivity contribution in [2.75, 3.05) is 19.8 Å². The van der Waals surface area contributed by atoms with Crippen LogP contribution in [0.15, 0.2) is 60.0 Å². The van der Waals surface area contributed by atoms with Crippen molar-refractivity contribution in [3.05, 3.63) is 60.7 Å². The first kappa shape index (κ1) is 23.7. The van der Waals surface area contributed by atoms with Gasteiger partial charge in [-0.3, -0.25) is 4.79 Å². The molecule has 0 unspecified atom stereocenters. The molecule has 4 rings (SSSR count). The zero-order valence-corrected chi connectivity index (χ0v) is 19.5. The summed E-state index contributed by atoms with van der Waals surface area (Å²) in [7, 11) is -3.63. The van der Waals surface area contributed by atoms with E-state index >= 15 is 0 Å². The summed E-state index contributed by atoms with van der Waals surface area (Å²) in [6, 6.07) is 12.3. The molecule has 2 N–H and O–H groups in total. The van der Waals surface area contributed by atoms with E-state index in [0.29, 0.717) is 57.1 Å². The van der Waals surface area contributed by atoms with Gasteiger partial charge in [0, 0.05) is 25.6 Å². The fraction of sp³-hybridized carbons (Fsp3) is 0.348. The average molecular weight is 486 g/mol. The molecule has 0 bridgehead atoms. The summed E-state index contributed by atoms with van der Waals surface area (Å²) in [6.07, 6.45) is 5.56. The van der Waals surface area contributed by atoms with E-state index < -0.39 is 10.0 Å². The standard InChI is InChI=1S/C23H27N5O5S/c29-23(25-15-18-5-7-19(8-6-18)28-17-24-16-26-28)4-2-1-3-11-27-34(30,31)20-9-10-21-22(14-20)33-13-12-32-21/h5-10,14,16-17,27H,1-4,11-13,15H2,(H,25,29). The van der Waals surface area contributed by atoms with Gasteiger partial charge in [0.15, 0.2) is 11.5 Å². The highest BCUT2D eigenvalue weighted by molar-refractivity contribution is 7.89. The molecule has 1 aliphatic rings. The molecular weight excluding hydrogens is 458 g/mol. The number of carbonyl (C=O) groups excluding carboxylic acids is 1. The lowest BCUT2D eigenvalue weighted by Crippen LogP contribution is -2.25. The predicted molar refractivity (Wildman–Crippen MR) is 124 cm³/mol. The van der Waals surface area contributed by atoms with E-state index in [9.17, 15) is 13.2 Å². The number of fused-ring (bicyclic) bond motifs is 1. The fourth-order valence-electron chi connectivity index (χ4n) is 3.47. The van der Waals surface area contributed by atoms with E-state index in [-0.39, 0.29) is 10.8 Å². The minimum atomic E-state index is -3.63. The van der Waals surface area contributed by atoms with E-state index in [2.05, 4.69) is 20.1 Å². The highest BCUT2D eigenvalue weighted by Gasteiger charge is 2.18. The van der Waals surface area contributed by atoms with Crippen LogP contribution in [0, 0.1) is 0 Å². The Morgan fingerprint density at radius 2 is 1.79 bits per heavy atom. The van der Waals surface area contributed by atoms with Gasteiger partial charge in [0.05, 0.1) is 10.6 Å². The predicted octanol–water partition coefficient (Wildman–Crippen LogP) is 2.19. The number of rotatable bonds is 11. The van der Waals surface area contributed by atoms with Gasteiger partial charge >= 0.3 is 0 Å². The highest BCUT2D eigenvalue weighted by Crippen LogP contribution is 2.32. The lowest BCUT2D eigenvalue weighted by molar-refractivity contribution is -0.121. The molecule has 1 amide bonds. The molecule has 0 spiro atoms. The molecule has 2 heterocycles. The van der Waals surface area contributed by atoms with Crippen LogP contribution in [-0.2, 0) is 21.4 Å². The van der Waals surface area contributed by atoms with Gasteiger partial charge in [0.25, 0.3) is 0 Å². The first-order chi connectivity index (χ1) is 16.5. The smallest absolute Gasteiger partial charge is 0.240 e. The molecule has 1 aromatic heterocycles. The number of hydrogen-bond donors (Lipinski definition) is 2. The zero-order chi connectivity index (χ0) is 23.8. The number of amides is 1. The van der Waals surface area contributed by atoms with Crippen LogP contribution in [0.25, 0.3) is 5.69 Å². The van der Waals surface area contributed by atoms with Gasteiger partial charge < -0.3 is 14.8 Å². The van der Waals surface area contributed by atoms with Gasteiger partial charge in [0.2, 0.25) is 15.9 Å². The molecule has 11 heteroatoms. The number of carbonyl (C=O) groups is 1. The Morgan fingerprint density at radius 1 is 1.00 bits per heavy atom. The maximum Gasteiger partial charge on any atom is 0.240 e. The molecule has 0 radical (unpaired) electrons. The van der Waals surface area contributed by atoms with Crippen LogP contribution < -0.4 is 19.5 Å². The minimum Gasteiger partial charge on any atom is -0.486 e. The van der Waals surface area contributed by atoms with Crippen LogP contribution in [0.1, 0.15) is 31.2 Å². The van der Waals surface area contributed by atoms with Crippen LogP contribution in [0.2, 0.25) is 0 Å². The largest absolute Gasteiger partial charge is 0.486 e. The van der Waals surface area contributed by atoms with Crippen LogP contribution in [0.3, 0.4) is 0 Å². The number of ether oxygens (including phenoxy) is 2. The molecule has 0 atom stereocenters. The SMILES string of the molecule is O=C(CCCCCNS(=O)(=O)c1ccc2c(c1)OCCO2)NCc1ccc(-n2cncn2)cc1. The summed E-state index contributed by atoms with van der Waals surface area (Å²) < 4.78 is 40.1. The number of nitrogens with one attached hydrogen (secondary N) is 2. The van der Waals surface area contributed by atoms with Crippen LogP contribution >= 0.6 is 0 Å². The first-order valence-corrected chi connectivity index (χ1v) is 12.6. The second kappa shape index (κ2) is 11.1. The Labute approximate surface area is 198 Å². The lowest BCUT2D eigenvalue weighted by atomic mass is 10.1. The number of hydrogen-bond acceptors (Lipinski definition) is 7. The van der Waals surface area contributed by atoms with Gasteiger partial charge in [0.1, 0.15) is 25.9 Å². The summed E-state index contributed by atoms with van der Waals surface area (Å²) in [5.41, 5.74) is 1.89. The Balaban J connectivity index is 1.11. The summed E-state index contributed by atoms with van der Waals surface area (Å²) in [5.74, 6) is 0.954. The van der Waals surface area contributed by atoms with Crippen molar-refractivity contribution in [3.8, 4) is 17.2 Å². The second-order valence-corrected chi connectivity index (χ2v) is 9.56. The quantitative estimate of drug-likeness (QED) is 0.399. The van der Waals surface area contributed by atoms with Crippen LogP contribution in [-0.4, -0.2) is 48.8 Å². The lowest BCUT2D eigenvalue weighted by Gasteiger charge is -2.18. The van der Waals surface area contributed by atoms with E-state index in [0.717, 1.165) is 17.7 Å². The van der Waals surface area contributed by atoms with Crippen LogP contribution in [0.5, 0.6) is 11.5 Å². The number of unbranched alkanes of at least 4 members (excludes halogenated alkanes) is 2. The minimum absolute atomic E-state index is 0.0304. The zero-order valence-electron chi connectivity index (χ0n) is 18.6. The van der Waals surface area contributed by atoms with Gasteiger partial charge in [-0.25, -0.2) is 22.8 Å². The fourth-order valence-corrected chi connectivity index (χ4v) is 4.55. The molecule has 2 aromatic carbocycles. The van der Waals surface area contributed by atoms with Crippen molar-refractivity contribution in [2.45, 2.75) is 37.1 Å². The molecular formula is C23H27N5O5S. The third kappa shape index (κ3) is 6.33.